The van der Waals surface area contributed by atoms with Gasteiger partial charge in [-0.1, -0.05) is 28.1 Å². The molecule has 0 radical (unpaired) electrons. The predicted octanol–water partition coefficient (Wildman–Crippen LogP) is 1.62. The average molecular weight is 267 g/mol. The summed E-state index contributed by atoms with van der Waals surface area (Å²) in [6.45, 7) is 0. The molecule has 0 saturated carbocycles. The predicted molar refractivity (Wildman–Crippen MR) is 51.1 cm³/mol. The Labute approximate surface area is 83.5 Å². The molecule has 0 heterocycles. The SMILES string of the molecule is O=P(O)(O)C(O)c1ccc(Br)cc1. The molecule has 0 aliphatic rings. The Kier molecular flexibility index (Phi) is 3.27. The van der Waals surface area contributed by atoms with Crippen LogP contribution in [0.5, 0.6) is 0 Å². The van der Waals surface area contributed by atoms with Crippen LogP contribution < -0.4 is 0 Å². The molecule has 0 spiro atoms. The minimum absolute atomic E-state index is 0.205. The first-order valence-corrected chi connectivity index (χ1v) is 5.87. The molecule has 4 nitrogen and oxygen atoms in total. The van der Waals surface area contributed by atoms with Crippen molar-refractivity contribution in [2.24, 2.45) is 0 Å². The lowest BCUT2D eigenvalue weighted by Gasteiger charge is -2.12. The number of benzene rings is 1. The van der Waals surface area contributed by atoms with E-state index in [1.54, 1.807) is 12.1 Å². The lowest BCUT2D eigenvalue weighted by atomic mass is 10.2. The molecule has 0 fully saturated rings. The first-order valence-electron chi connectivity index (χ1n) is 3.40. The third-order valence-corrected chi connectivity index (χ3v) is 2.95. The van der Waals surface area contributed by atoms with Crippen LogP contribution in [-0.4, -0.2) is 14.9 Å². The van der Waals surface area contributed by atoms with Gasteiger partial charge in [0, 0.05) is 4.47 Å². The van der Waals surface area contributed by atoms with Crippen molar-refractivity contribution in [1.82, 2.24) is 0 Å². The van der Waals surface area contributed by atoms with Crippen LogP contribution in [0.1, 0.15) is 11.4 Å². The number of rotatable bonds is 2. The summed E-state index contributed by atoms with van der Waals surface area (Å²) in [5.74, 6) is -1.74. The van der Waals surface area contributed by atoms with E-state index in [4.69, 9.17) is 14.9 Å². The normalized spacial score (nSPS) is 14.2. The maximum absolute atomic E-state index is 10.6. The van der Waals surface area contributed by atoms with Crippen LogP contribution in [0.3, 0.4) is 0 Å². The standard InChI is InChI=1S/C7H8BrO4P/c8-6-3-1-5(2-4-6)7(9)13(10,11)12/h1-4,7,9H,(H2,10,11,12). The van der Waals surface area contributed by atoms with Gasteiger partial charge in [-0.15, -0.1) is 0 Å². The van der Waals surface area contributed by atoms with Crippen molar-refractivity contribution in [2.75, 3.05) is 0 Å². The molecule has 0 aromatic heterocycles. The molecule has 1 aromatic rings. The third-order valence-electron chi connectivity index (χ3n) is 1.49. The Morgan fingerprint density at radius 3 is 2.08 bits per heavy atom. The van der Waals surface area contributed by atoms with Crippen molar-refractivity contribution in [3.8, 4) is 0 Å². The molecule has 6 heteroatoms. The second kappa shape index (κ2) is 3.90. The average Bonchev–Trinajstić information content (AvgIpc) is 2.03. The van der Waals surface area contributed by atoms with Gasteiger partial charge in [-0.3, -0.25) is 4.57 Å². The highest BCUT2D eigenvalue weighted by molar-refractivity contribution is 9.10. The minimum Gasteiger partial charge on any atom is -0.376 e. The van der Waals surface area contributed by atoms with E-state index >= 15 is 0 Å². The quantitative estimate of drug-likeness (QED) is 0.711. The van der Waals surface area contributed by atoms with Crippen LogP contribution in [-0.2, 0) is 4.57 Å². The van der Waals surface area contributed by atoms with Gasteiger partial charge in [0.1, 0.15) is 0 Å². The van der Waals surface area contributed by atoms with Gasteiger partial charge in [0.15, 0.2) is 5.85 Å². The van der Waals surface area contributed by atoms with E-state index in [9.17, 15) is 4.57 Å². The monoisotopic (exact) mass is 266 g/mol. The summed E-state index contributed by atoms with van der Waals surface area (Å²) in [6.07, 6.45) is 0. The number of aliphatic hydroxyl groups is 1. The van der Waals surface area contributed by atoms with Crippen molar-refractivity contribution in [3.05, 3.63) is 34.3 Å². The van der Waals surface area contributed by atoms with Crippen molar-refractivity contribution in [1.29, 1.82) is 0 Å². The molecule has 72 valence electrons. The Balaban J connectivity index is 2.97. The molecule has 0 bridgehead atoms. The Morgan fingerprint density at radius 1 is 1.23 bits per heavy atom. The molecule has 3 N–H and O–H groups in total. The van der Waals surface area contributed by atoms with Gasteiger partial charge in [-0.25, -0.2) is 0 Å². The van der Waals surface area contributed by atoms with Crippen LogP contribution in [0, 0.1) is 0 Å². The fourth-order valence-corrected chi connectivity index (χ4v) is 1.65. The lowest BCUT2D eigenvalue weighted by Crippen LogP contribution is -1.97. The van der Waals surface area contributed by atoms with Crippen molar-refractivity contribution >= 4 is 23.5 Å². The van der Waals surface area contributed by atoms with Crippen molar-refractivity contribution < 1.29 is 19.5 Å². The summed E-state index contributed by atoms with van der Waals surface area (Å²) < 4.78 is 11.4. The van der Waals surface area contributed by atoms with E-state index < -0.39 is 13.4 Å². The molecule has 1 atom stereocenters. The highest BCUT2D eigenvalue weighted by Crippen LogP contribution is 2.49. The zero-order chi connectivity index (χ0) is 10.1. The van der Waals surface area contributed by atoms with E-state index in [-0.39, 0.29) is 5.56 Å². The molecule has 0 saturated heterocycles. The van der Waals surface area contributed by atoms with E-state index in [1.807, 2.05) is 0 Å². The number of hydrogen-bond donors (Lipinski definition) is 3. The summed E-state index contributed by atoms with van der Waals surface area (Å²) in [4.78, 5) is 17.3. The fourth-order valence-electron chi connectivity index (χ4n) is 0.829. The van der Waals surface area contributed by atoms with Crippen LogP contribution in [0.15, 0.2) is 28.7 Å². The van der Waals surface area contributed by atoms with Gasteiger partial charge < -0.3 is 14.9 Å². The van der Waals surface area contributed by atoms with Gasteiger partial charge in [0.25, 0.3) is 0 Å². The molecule has 13 heavy (non-hydrogen) atoms. The molecular formula is C7H8BrO4P. The van der Waals surface area contributed by atoms with E-state index in [2.05, 4.69) is 15.9 Å². The highest BCUT2D eigenvalue weighted by Gasteiger charge is 2.27. The first-order chi connectivity index (χ1) is 5.91. The van der Waals surface area contributed by atoms with Crippen molar-refractivity contribution in [3.63, 3.8) is 0 Å². The molecule has 1 unspecified atom stereocenters. The molecule has 0 aliphatic heterocycles. The van der Waals surface area contributed by atoms with Gasteiger partial charge >= 0.3 is 7.60 Å². The number of aliphatic hydroxyl groups excluding tert-OH is 1. The van der Waals surface area contributed by atoms with Crippen LogP contribution in [0.4, 0.5) is 0 Å². The van der Waals surface area contributed by atoms with Crippen LogP contribution in [0.2, 0.25) is 0 Å². The molecule has 1 aromatic carbocycles. The second-order valence-electron chi connectivity index (χ2n) is 2.51. The summed E-state index contributed by atoms with van der Waals surface area (Å²) in [5.41, 5.74) is 0.205. The van der Waals surface area contributed by atoms with Gasteiger partial charge in [0.05, 0.1) is 0 Å². The smallest absolute Gasteiger partial charge is 0.358 e. The summed E-state index contributed by atoms with van der Waals surface area (Å²) in [7, 11) is -4.45. The topological polar surface area (TPSA) is 77.8 Å². The Hall–Kier alpha value is -0.190. The third kappa shape index (κ3) is 2.90. The lowest BCUT2D eigenvalue weighted by molar-refractivity contribution is 0.205. The maximum atomic E-state index is 10.6. The molecule has 1 rings (SSSR count). The van der Waals surface area contributed by atoms with Gasteiger partial charge in [-0.2, -0.15) is 0 Å². The van der Waals surface area contributed by atoms with E-state index in [1.165, 1.54) is 12.1 Å². The largest absolute Gasteiger partial charge is 0.376 e. The van der Waals surface area contributed by atoms with Crippen molar-refractivity contribution in [2.45, 2.75) is 5.85 Å². The second-order valence-corrected chi connectivity index (χ2v) is 5.10. The summed E-state index contributed by atoms with van der Waals surface area (Å²) in [6, 6.07) is 6.12. The molecule has 0 aliphatic carbocycles. The summed E-state index contributed by atoms with van der Waals surface area (Å²) in [5, 5.41) is 9.17. The Bertz CT molecular complexity index is 331. The highest BCUT2D eigenvalue weighted by atomic mass is 79.9. The minimum atomic E-state index is -4.45. The van der Waals surface area contributed by atoms with Gasteiger partial charge in [-0.05, 0) is 17.7 Å². The Morgan fingerprint density at radius 2 is 1.69 bits per heavy atom. The first kappa shape index (κ1) is 10.9. The van der Waals surface area contributed by atoms with E-state index in [0.717, 1.165) is 4.47 Å². The molecular weight excluding hydrogens is 259 g/mol. The van der Waals surface area contributed by atoms with Crippen LogP contribution in [0.25, 0.3) is 0 Å². The zero-order valence-electron chi connectivity index (χ0n) is 6.46. The summed E-state index contributed by atoms with van der Waals surface area (Å²) >= 11 is 3.17. The van der Waals surface area contributed by atoms with E-state index in [0.29, 0.717) is 0 Å². The number of halogens is 1. The molecule has 0 amide bonds. The van der Waals surface area contributed by atoms with Crippen LogP contribution >= 0.6 is 23.5 Å². The maximum Gasteiger partial charge on any atom is 0.358 e. The zero-order valence-corrected chi connectivity index (χ0v) is 8.94. The fraction of sp³-hybridized carbons (Fsp3) is 0.143. The van der Waals surface area contributed by atoms with Gasteiger partial charge in [0.2, 0.25) is 0 Å². The number of hydrogen-bond acceptors (Lipinski definition) is 2.